The van der Waals surface area contributed by atoms with Gasteiger partial charge in [-0.15, -0.1) is 0 Å². The number of benzene rings is 2. The molecular formula is C20H22N2O3. The number of carbonyl (C=O) groups is 2. The predicted molar refractivity (Wildman–Crippen MR) is 98.5 cm³/mol. The van der Waals surface area contributed by atoms with Crippen molar-refractivity contribution in [2.45, 2.75) is 12.3 Å². The third kappa shape index (κ3) is 5.29. The molecule has 130 valence electrons. The minimum absolute atomic E-state index is 0.0186. The first-order chi connectivity index (χ1) is 12.2. The van der Waals surface area contributed by atoms with Gasteiger partial charge in [-0.1, -0.05) is 49.0 Å². The Bertz CT molecular complexity index is 729. The Hall–Kier alpha value is -2.92. The predicted octanol–water partition coefficient (Wildman–Crippen LogP) is 2.71. The largest absolute Gasteiger partial charge is 0.396 e. The number of anilines is 1. The zero-order chi connectivity index (χ0) is 18.1. The van der Waals surface area contributed by atoms with E-state index in [1.807, 2.05) is 30.3 Å². The second kappa shape index (κ2) is 9.39. The highest BCUT2D eigenvalue weighted by Gasteiger charge is 2.15. The molecule has 2 rings (SSSR count). The number of hydrogen-bond donors (Lipinski definition) is 3. The van der Waals surface area contributed by atoms with Crippen LogP contribution in [0.4, 0.5) is 5.69 Å². The molecule has 0 aliphatic carbocycles. The molecule has 25 heavy (non-hydrogen) atoms. The van der Waals surface area contributed by atoms with Crippen molar-refractivity contribution in [3.8, 4) is 0 Å². The fourth-order valence-electron chi connectivity index (χ4n) is 2.55. The minimum Gasteiger partial charge on any atom is -0.396 e. The van der Waals surface area contributed by atoms with E-state index in [9.17, 15) is 14.7 Å². The highest BCUT2D eigenvalue weighted by atomic mass is 16.3. The molecular weight excluding hydrogens is 316 g/mol. The molecule has 0 saturated carbocycles. The maximum absolute atomic E-state index is 12.5. The van der Waals surface area contributed by atoms with Crippen molar-refractivity contribution in [3.05, 3.63) is 78.4 Å². The van der Waals surface area contributed by atoms with E-state index in [1.54, 1.807) is 24.3 Å². The summed E-state index contributed by atoms with van der Waals surface area (Å²) in [5.74, 6) is -0.633. The summed E-state index contributed by atoms with van der Waals surface area (Å²) in [7, 11) is 0. The highest BCUT2D eigenvalue weighted by Crippen LogP contribution is 2.19. The molecule has 0 aliphatic rings. The molecule has 2 aromatic carbocycles. The average molecular weight is 338 g/mol. The van der Waals surface area contributed by atoms with Crippen LogP contribution < -0.4 is 10.6 Å². The number of aliphatic hydroxyl groups is 1. The molecule has 0 aliphatic heterocycles. The maximum atomic E-state index is 12.5. The van der Waals surface area contributed by atoms with Gasteiger partial charge in [0, 0.05) is 19.1 Å². The summed E-state index contributed by atoms with van der Waals surface area (Å²) < 4.78 is 0. The van der Waals surface area contributed by atoms with E-state index >= 15 is 0 Å². The van der Waals surface area contributed by atoms with E-state index in [-0.39, 0.29) is 24.3 Å². The van der Waals surface area contributed by atoms with Crippen molar-refractivity contribution in [3.63, 3.8) is 0 Å². The summed E-state index contributed by atoms with van der Waals surface area (Å²) >= 11 is 0. The molecule has 2 amide bonds. The van der Waals surface area contributed by atoms with E-state index in [2.05, 4.69) is 17.2 Å². The number of nitrogens with one attached hydrogen (secondary N) is 2. The molecule has 5 nitrogen and oxygen atoms in total. The molecule has 1 atom stereocenters. The van der Waals surface area contributed by atoms with Crippen LogP contribution in [0.3, 0.4) is 0 Å². The van der Waals surface area contributed by atoms with E-state index in [0.29, 0.717) is 24.2 Å². The number of rotatable bonds is 8. The molecule has 0 bridgehead atoms. The second-order valence-corrected chi connectivity index (χ2v) is 5.57. The Morgan fingerprint density at radius 2 is 1.76 bits per heavy atom. The van der Waals surface area contributed by atoms with Gasteiger partial charge in [0.2, 0.25) is 5.91 Å². The first-order valence-electron chi connectivity index (χ1n) is 8.12. The molecule has 0 fully saturated rings. The number of amides is 2. The number of carbonyl (C=O) groups excluding carboxylic acids is 2. The van der Waals surface area contributed by atoms with Crippen molar-refractivity contribution in [2.75, 3.05) is 18.5 Å². The van der Waals surface area contributed by atoms with Crippen LogP contribution in [0.15, 0.2) is 67.3 Å². The lowest BCUT2D eigenvalue weighted by Gasteiger charge is -2.18. The van der Waals surface area contributed by atoms with Crippen molar-refractivity contribution in [1.82, 2.24) is 5.32 Å². The lowest BCUT2D eigenvalue weighted by atomic mass is 9.96. The highest BCUT2D eigenvalue weighted by molar-refractivity contribution is 6.06. The Morgan fingerprint density at radius 1 is 1.08 bits per heavy atom. The zero-order valence-corrected chi connectivity index (χ0v) is 13.9. The summed E-state index contributed by atoms with van der Waals surface area (Å²) in [6.45, 7) is 3.85. The third-order valence-corrected chi connectivity index (χ3v) is 3.87. The first kappa shape index (κ1) is 18.4. The Balaban J connectivity index is 2.08. The Morgan fingerprint density at radius 3 is 2.44 bits per heavy atom. The lowest BCUT2D eigenvalue weighted by molar-refractivity contribution is -0.111. The zero-order valence-electron chi connectivity index (χ0n) is 13.9. The topological polar surface area (TPSA) is 78.4 Å². The summed E-state index contributed by atoms with van der Waals surface area (Å²) in [5, 5.41) is 14.8. The van der Waals surface area contributed by atoms with Crippen molar-refractivity contribution in [1.29, 1.82) is 0 Å². The fraction of sp³-hybridized carbons (Fsp3) is 0.200. The van der Waals surface area contributed by atoms with Crippen LogP contribution in [0, 0.1) is 0 Å². The molecule has 2 aromatic rings. The minimum atomic E-state index is -0.373. The van der Waals surface area contributed by atoms with Crippen LogP contribution in [-0.2, 0) is 4.79 Å². The van der Waals surface area contributed by atoms with Gasteiger partial charge in [0.25, 0.3) is 5.91 Å². The SMILES string of the molecule is C=CC(=O)Nc1ccccc1C(=O)NCC(CCO)c1ccccc1. The molecule has 1 unspecified atom stereocenters. The van der Waals surface area contributed by atoms with E-state index < -0.39 is 0 Å². The molecule has 3 N–H and O–H groups in total. The van der Waals surface area contributed by atoms with Gasteiger partial charge in [0.15, 0.2) is 0 Å². The molecule has 0 heterocycles. The van der Waals surface area contributed by atoms with E-state index in [0.717, 1.165) is 11.6 Å². The second-order valence-electron chi connectivity index (χ2n) is 5.57. The lowest BCUT2D eigenvalue weighted by Crippen LogP contribution is -2.29. The quantitative estimate of drug-likeness (QED) is 0.648. The molecule has 0 saturated heterocycles. The summed E-state index contributed by atoms with van der Waals surface area (Å²) in [5.41, 5.74) is 1.88. The van der Waals surface area contributed by atoms with Gasteiger partial charge >= 0.3 is 0 Å². The number of para-hydroxylation sites is 1. The maximum Gasteiger partial charge on any atom is 0.253 e. The summed E-state index contributed by atoms with van der Waals surface area (Å²) in [4.78, 5) is 24.0. The van der Waals surface area contributed by atoms with Crippen LogP contribution in [0.2, 0.25) is 0 Å². The van der Waals surface area contributed by atoms with Gasteiger partial charge in [-0.2, -0.15) is 0 Å². The van der Waals surface area contributed by atoms with Crippen molar-refractivity contribution >= 4 is 17.5 Å². The summed E-state index contributed by atoms with van der Waals surface area (Å²) in [6.07, 6.45) is 1.71. The van der Waals surface area contributed by atoms with Crippen molar-refractivity contribution in [2.24, 2.45) is 0 Å². The molecule has 0 spiro atoms. The van der Waals surface area contributed by atoms with Crippen LogP contribution >= 0.6 is 0 Å². The molecule has 0 aromatic heterocycles. The van der Waals surface area contributed by atoms with Crippen LogP contribution in [0.1, 0.15) is 28.3 Å². The summed E-state index contributed by atoms with van der Waals surface area (Å²) in [6, 6.07) is 16.5. The normalized spacial score (nSPS) is 11.4. The van der Waals surface area contributed by atoms with Gasteiger partial charge in [0.1, 0.15) is 0 Å². The fourth-order valence-corrected chi connectivity index (χ4v) is 2.55. The van der Waals surface area contributed by atoms with Gasteiger partial charge in [-0.3, -0.25) is 9.59 Å². The van der Waals surface area contributed by atoms with Gasteiger partial charge in [-0.05, 0) is 30.2 Å². The van der Waals surface area contributed by atoms with Crippen molar-refractivity contribution < 1.29 is 14.7 Å². The van der Waals surface area contributed by atoms with Gasteiger partial charge < -0.3 is 15.7 Å². The third-order valence-electron chi connectivity index (χ3n) is 3.87. The average Bonchev–Trinajstić information content (AvgIpc) is 2.66. The Labute approximate surface area is 147 Å². The monoisotopic (exact) mass is 338 g/mol. The van der Waals surface area contributed by atoms with Crippen LogP contribution in [0.5, 0.6) is 0 Å². The number of hydrogen-bond acceptors (Lipinski definition) is 3. The first-order valence-corrected chi connectivity index (χ1v) is 8.12. The Kier molecular flexibility index (Phi) is 6.92. The smallest absolute Gasteiger partial charge is 0.253 e. The van der Waals surface area contributed by atoms with Gasteiger partial charge in [0.05, 0.1) is 11.3 Å². The standard InChI is InChI=1S/C20H22N2O3/c1-2-19(24)22-18-11-7-6-10-17(18)20(25)21-14-16(12-13-23)15-8-4-3-5-9-15/h2-11,16,23H,1,12-14H2,(H,21,25)(H,22,24). The number of aliphatic hydroxyl groups excluding tert-OH is 1. The van der Waals surface area contributed by atoms with Crippen LogP contribution in [-0.4, -0.2) is 30.1 Å². The van der Waals surface area contributed by atoms with Gasteiger partial charge in [-0.25, -0.2) is 0 Å². The molecule has 0 radical (unpaired) electrons. The van der Waals surface area contributed by atoms with E-state index in [4.69, 9.17) is 0 Å². The molecule has 5 heteroatoms. The van der Waals surface area contributed by atoms with E-state index in [1.165, 1.54) is 0 Å². The van der Waals surface area contributed by atoms with Crippen LogP contribution in [0.25, 0.3) is 0 Å².